The lowest BCUT2D eigenvalue weighted by atomic mass is 9.98. The molecule has 146 valence electrons. The van der Waals surface area contributed by atoms with E-state index in [0.29, 0.717) is 11.3 Å². The van der Waals surface area contributed by atoms with Crippen molar-refractivity contribution in [3.8, 4) is 11.1 Å². The number of anilines is 1. The van der Waals surface area contributed by atoms with Gasteiger partial charge in [-0.2, -0.15) is 0 Å². The summed E-state index contributed by atoms with van der Waals surface area (Å²) in [4.78, 5) is 23.7. The Morgan fingerprint density at radius 2 is 1.62 bits per heavy atom. The summed E-state index contributed by atoms with van der Waals surface area (Å²) in [6.07, 6.45) is -0.645. The van der Waals surface area contributed by atoms with Gasteiger partial charge in [0.2, 0.25) is 0 Å². The lowest BCUT2D eigenvalue weighted by Crippen LogP contribution is -2.18. The number of amides is 1. The number of ether oxygens (including phenoxy) is 1. The number of hydrogen-bond donors (Lipinski definition) is 2. The molecule has 4 rings (SSSR count). The Hall–Kier alpha value is -3.31. The van der Waals surface area contributed by atoms with Crippen molar-refractivity contribution in [3.63, 3.8) is 0 Å². The van der Waals surface area contributed by atoms with Crippen LogP contribution in [0.1, 0.15) is 33.0 Å². The predicted molar refractivity (Wildman–Crippen MR) is 112 cm³/mol. The molecule has 1 aliphatic rings. The molecule has 3 aromatic rings. The standard InChI is InChI=1S/C23H18ClNO4/c1-13-10-20(24)18(22(26)27)11-21(13)25-23(28)29-12-19-16-8-4-2-6-14(16)15-7-3-5-9-17(15)19/h2-11,19H,12H2,1H3,(H,25,28)(H,26,27). The van der Waals surface area contributed by atoms with Gasteiger partial charge < -0.3 is 9.84 Å². The van der Waals surface area contributed by atoms with Crippen LogP contribution in [0, 0.1) is 6.92 Å². The van der Waals surface area contributed by atoms with E-state index in [2.05, 4.69) is 17.4 Å². The van der Waals surface area contributed by atoms with Crippen LogP contribution in [-0.2, 0) is 4.74 Å². The number of hydrogen-bond acceptors (Lipinski definition) is 3. The van der Waals surface area contributed by atoms with Crippen LogP contribution in [0.25, 0.3) is 11.1 Å². The first kappa shape index (κ1) is 19.0. The van der Waals surface area contributed by atoms with Crippen molar-refractivity contribution in [2.45, 2.75) is 12.8 Å². The fourth-order valence-electron chi connectivity index (χ4n) is 3.72. The molecule has 0 saturated heterocycles. The number of aromatic carboxylic acids is 1. The maximum absolute atomic E-state index is 12.4. The van der Waals surface area contributed by atoms with Crippen molar-refractivity contribution in [3.05, 3.63) is 87.9 Å². The first-order chi connectivity index (χ1) is 14.0. The maximum atomic E-state index is 12.4. The Labute approximate surface area is 172 Å². The molecule has 0 aromatic heterocycles. The molecular weight excluding hydrogens is 390 g/mol. The first-order valence-corrected chi connectivity index (χ1v) is 9.49. The zero-order chi connectivity index (χ0) is 20.5. The van der Waals surface area contributed by atoms with Crippen LogP contribution >= 0.6 is 11.6 Å². The van der Waals surface area contributed by atoms with Crippen molar-refractivity contribution in [2.24, 2.45) is 0 Å². The molecule has 1 aliphatic carbocycles. The molecule has 3 aromatic carbocycles. The van der Waals surface area contributed by atoms with Crippen molar-refractivity contribution >= 4 is 29.4 Å². The zero-order valence-electron chi connectivity index (χ0n) is 15.6. The molecule has 0 radical (unpaired) electrons. The average molecular weight is 408 g/mol. The fraction of sp³-hybridized carbons (Fsp3) is 0.130. The molecule has 0 spiro atoms. The summed E-state index contributed by atoms with van der Waals surface area (Å²) < 4.78 is 5.50. The lowest BCUT2D eigenvalue weighted by molar-refractivity contribution is 0.0697. The third kappa shape index (κ3) is 3.57. The van der Waals surface area contributed by atoms with E-state index in [-0.39, 0.29) is 23.1 Å². The van der Waals surface area contributed by atoms with Gasteiger partial charge in [-0.1, -0.05) is 60.1 Å². The van der Waals surface area contributed by atoms with Crippen LogP contribution < -0.4 is 5.32 Å². The Morgan fingerprint density at radius 3 is 2.21 bits per heavy atom. The number of carbonyl (C=O) groups is 2. The van der Waals surface area contributed by atoms with Gasteiger partial charge in [0.25, 0.3) is 0 Å². The van der Waals surface area contributed by atoms with Crippen LogP contribution in [0.2, 0.25) is 5.02 Å². The van der Waals surface area contributed by atoms with E-state index in [9.17, 15) is 14.7 Å². The van der Waals surface area contributed by atoms with E-state index in [4.69, 9.17) is 16.3 Å². The summed E-state index contributed by atoms with van der Waals surface area (Å²) in [5.74, 6) is -1.21. The molecular formula is C23H18ClNO4. The molecule has 0 atom stereocenters. The smallest absolute Gasteiger partial charge is 0.411 e. The third-order valence-electron chi connectivity index (χ3n) is 5.12. The van der Waals surface area contributed by atoms with Gasteiger partial charge in [0.15, 0.2) is 0 Å². The normalized spacial score (nSPS) is 12.2. The number of carboxylic acid groups (broad SMARTS) is 1. The highest BCUT2D eigenvalue weighted by Gasteiger charge is 2.29. The molecule has 29 heavy (non-hydrogen) atoms. The molecule has 5 nitrogen and oxygen atoms in total. The van der Waals surface area contributed by atoms with E-state index in [1.54, 1.807) is 6.92 Å². The number of aryl methyl sites for hydroxylation is 1. The number of benzene rings is 3. The number of halogens is 1. The van der Waals surface area contributed by atoms with E-state index in [1.807, 2.05) is 36.4 Å². The second kappa shape index (κ2) is 7.60. The molecule has 2 N–H and O–H groups in total. The minimum Gasteiger partial charge on any atom is -0.478 e. The SMILES string of the molecule is Cc1cc(Cl)c(C(=O)O)cc1NC(=O)OCC1c2ccccc2-c2ccccc21. The van der Waals surface area contributed by atoms with Gasteiger partial charge in [-0.3, -0.25) is 5.32 Å². The van der Waals surface area contributed by atoms with Gasteiger partial charge in [-0.25, -0.2) is 9.59 Å². The van der Waals surface area contributed by atoms with Gasteiger partial charge in [-0.05, 0) is 46.9 Å². The Bertz CT molecular complexity index is 1080. The monoisotopic (exact) mass is 407 g/mol. The largest absolute Gasteiger partial charge is 0.478 e. The van der Waals surface area contributed by atoms with Crippen LogP contribution in [0.15, 0.2) is 60.7 Å². The Morgan fingerprint density at radius 1 is 1.03 bits per heavy atom. The lowest BCUT2D eigenvalue weighted by Gasteiger charge is -2.15. The van der Waals surface area contributed by atoms with Crippen LogP contribution in [-0.4, -0.2) is 23.8 Å². The molecule has 0 saturated carbocycles. The van der Waals surface area contributed by atoms with Crippen molar-refractivity contribution in [2.75, 3.05) is 11.9 Å². The number of rotatable bonds is 4. The first-order valence-electron chi connectivity index (χ1n) is 9.11. The molecule has 0 heterocycles. The number of nitrogens with one attached hydrogen (secondary N) is 1. The van der Waals surface area contributed by atoms with Gasteiger partial charge >= 0.3 is 12.1 Å². The minimum atomic E-state index is -1.16. The Kier molecular flexibility index (Phi) is 4.99. The summed E-state index contributed by atoms with van der Waals surface area (Å²) in [5.41, 5.74) is 5.46. The highest BCUT2D eigenvalue weighted by atomic mass is 35.5. The van der Waals surface area contributed by atoms with Crippen molar-refractivity contribution in [1.29, 1.82) is 0 Å². The van der Waals surface area contributed by atoms with Crippen LogP contribution in [0.5, 0.6) is 0 Å². The van der Waals surface area contributed by atoms with Crippen LogP contribution in [0.3, 0.4) is 0 Å². The summed E-state index contributed by atoms with van der Waals surface area (Å²) in [6, 6.07) is 19.0. The average Bonchev–Trinajstić information content (AvgIpc) is 3.02. The van der Waals surface area contributed by atoms with Gasteiger partial charge in [0.05, 0.1) is 10.6 Å². The molecule has 1 amide bonds. The van der Waals surface area contributed by atoms with Gasteiger partial charge in [0, 0.05) is 11.6 Å². The van der Waals surface area contributed by atoms with E-state index < -0.39 is 12.1 Å². The quantitative estimate of drug-likeness (QED) is 0.581. The van der Waals surface area contributed by atoms with Crippen molar-refractivity contribution < 1.29 is 19.4 Å². The molecule has 0 unspecified atom stereocenters. The molecule has 0 fully saturated rings. The second-order valence-electron chi connectivity index (χ2n) is 6.90. The molecule has 0 bridgehead atoms. The van der Waals surface area contributed by atoms with E-state index in [1.165, 1.54) is 12.1 Å². The zero-order valence-corrected chi connectivity index (χ0v) is 16.4. The van der Waals surface area contributed by atoms with E-state index in [0.717, 1.165) is 22.3 Å². The summed E-state index contributed by atoms with van der Waals surface area (Å²) in [5, 5.41) is 12.0. The van der Waals surface area contributed by atoms with Gasteiger partial charge in [-0.15, -0.1) is 0 Å². The van der Waals surface area contributed by atoms with E-state index >= 15 is 0 Å². The predicted octanol–water partition coefficient (Wildman–Crippen LogP) is 5.71. The highest BCUT2D eigenvalue weighted by molar-refractivity contribution is 6.33. The summed E-state index contributed by atoms with van der Waals surface area (Å²) in [6.45, 7) is 1.91. The maximum Gasteiger partial charge on any atom is 0.411 e. The van der Waals surface area contributed by atoms with Gasteiger partial charge in [0.1, 0.15) is 6.61 Å². The summed E-state index contributed by atoms with van der Waals surface area (Å²) in [7, 11) is 0. The summed E-state index contributed by atoms with van der Waals surface area (Å²) >= 11 is 5.95. The van der Waals surface area contributed by atoms with Crippen LogP contribution in [0.4, 0.5) is 10.5 Å². The topological polar surface area (TPSA) is 75.6 Å². The second-order valence-corrected chi connectivity index (χ2v) is 7.31. The fourth-order valence-corrected chi connectivity index (χ4v) is 4.01. The molecule has 6 heteroatoms. The number of carbonyl (C=O) groups excluding carboxylic acids is 1. The minimum absolute atomic E-state index is 0.0472. The highest BCUT2D eigenvalue weighted by Crippen LogP contribution is 2.44. The Balaban J connectivity index is 1.51. The molecule has 0 aliphatic heterocycles. The number of carboxylic acids is 1. The number of fused-ring (bicyclic) bond motifs is 3. The third-order valence-corrected chi connectivity index (χ3v) is 5.44. The van der Waals surface area contributed by atoms with Crippen molar-refractivity contribution in [1.82, 2.24) is 0 Å².